The summed E-state index contributed by atoms with van der Waals surface area (Å²) >= 11 is 0. The van der Waals surface area contributed by atoms with Crippen LogP contribution in [0.3, 0.4) is 0 Å². The Bertz CT molecular complexity index is 302. The summed E-state index contributed by atoms with van der Waals surface area (Å²) in [4.78, 5) is 19.8. The zero-order valence-electron chi connectivity index (χ0n) is 5.48. The van der Waals surface area contributed by atoms with Gasteiger partial charge in [0.15, 0.2) is 0 Å². The average Bonchev–Trinajstić information content (AvgIpc) is 2.04. The number of carbonyl (C=O) groups is 1. The summed E-state index contributed by atoms with van der Waals surface area (Å²) in [5.41, 5.74) is 0.855. The SMILES string of the molecule is O=C1Cc2ncncc2SS1. The molecule has 0 bridgehead atoms. The minimum Gasteiger partial charge on any atom is -0.286 e. The molecule has 0 aromatic carbocycles. The fourth-order valence-electron chi connectivity index (χ4n) is 0.802. The van der Waals surface area contributed by atoms with E-state index in [-0.39, 0.29) is 5.12 Å². The first-order chi connectivity index (χ1) is 5.36. The molecule has 0 fully saturated rings. The van der Waals surface area contributed by atoms with E-state index in [0.717, 1.165) is 10.6 Å². The molecule has 2 rings (SSSR count). The molecule has 0 amide bonds. The van der Waals surface area contributed by atoms with Crippen LogP contribution in [-0.2, 0) is 11.2 Å². The van der Waals surface area contributed by atoms with Crippen LogP contribution in [0.5, 0.6) is 0 Å². The van der Waals surface area contributed by atoms with Crippen molar-refractivity contribution >= 4 is 26.7 Å². The van der Waals surface area contributed by atoms with E-state index in [1.54, 1.807) is 6.20 Å². The molecule has 5 heteroatoms. The summed E-state index contributed by atoms with van der Waals surface area (Å²) in [6, 6.07) is 0. The van der Waals surface area contributed by atoms with Gasteiger partial charge in [-0.05, 0) is 21.6 Å². The number of nitrogens with zero attached hydrogens (tertiary/aromatic N) is 2. The lowest BCUT2D eigenvalue weighted by molar-refractivity contribution is -0.110. The third-order valence-electron chi connectivity index (χ3n) is 1.29. The van der Waals surface area contributed by atoms with Crippen LogP contribution in [0, 0.1) is 0 Å². The molecule has 0 N–H and O–H groups in total. The molecule has 1 aliphatic heterocycles. The van der Waals surface area contributed by atoms with E-state index >= 15 is 0 Å². The van der Waals surface area contributed by atoms with Gasteiger partial charge in [0, 0.05) is 6.20 Å². The minimum atomic E-state index is 0.168. The summed E-state index contributed by atoms with van der Waals surface area (Å²) in [6.07, 6.45) is 3.66. The van der Waals surface area contributed by atoms with Gasteiger partial charge in [-0.1, -0.05) is 0 Å². The highest BCUT2D eigenvalue weighted by atomic mass is 33.1. The molecule has 56 valence electrons. The number of hydrogen-bond donors (Lipinski definition) is 0. The Morgan fingerprint density at radius 2 is 2.36 bits per heavy atom. The molecular weight excluding hydrogens is 180 g/mol. The lowest BCUT2D eigenvalue weighted by Crippen LogP contribution is -2.04. The normalized spacial score (nSPS) is 16.2. The molecule has 0 saturated carbocycles. The van der Waals surface area contributed by atoms with Crippen LogP contribution >= 0.6 is 21.6 Å². The van der Waals surface area contributed by atoms with Crippen molar-refractivity contribution in [1.82, 2.24) is 9.97 Å². The van der Waals surface area contributed by atoms with Gasteiger partial charge < -0.3 is 0 Å². The van der Waals surface area contributed by atoms with Crippen molar-refractivity contribution in [1.29, 1.82) is 0 Å². The predicted molar refractivity (Wildman–Crippen MR) is 44.2 cm³/mol. The lowest BCUT2D eigenvalue weighted by atomic mass is 10.3. The highest BCUT2D eigenvalue weighted by Gasteiger charge is 2.17. The Hall–Kier alpha value is -0.550. The molecule has 1 aromatic heterocycles. The van der Waals surface area contributed by atoms with Gasteiger partial charge in [0.25, 0.3) is 0 Å². The Labute approximate surface area is 71.4 Å². The Balaban J connectivity index is 2.41. The molecule has 1 aliphatic rings. The smallest absolute Gasteiger partial charge is 0.205 e. The molecule has 0 radical (unpaired) electrons. The third-order valence-corrected chi connectivity index (χ3v) is 3.57. The summed E-state index contributed by atoms with van der Waals surface area (Å²) in [7, 11) is 2.70. The average molecular weight is 184 g/mol. The highest BCUT2D eigenvalue weighted by molar-refractivity contribution is 8.82. The van der Waals surface area contributed by atoms with E-state index in [1.807, 2.05) is 0 Å². The molecule has 0 saturated heterocycles. The second-order valence-corrected chi connectivity index (χ2v) is 4.28. The van der Waals surface area contributed by atoms with Crippen LogP contribution in [0.25, 0.3) is 0 Å². The van der Waals surface area contributed by atoms with E-state index in [2.05, 4.69) is 9.97 Å². The van der Waals surface area contributed by atoms with Crippen LogP contribution in [0.4, 0.5) is 0 Å². The summed E-state index contributed by atoms with van der Waals surface area (Å²) in [5, 5.41) is 0.168. The zero-order valence-corrected chi connectivity index (χ0v) is 7.11. The summed E-state index contributed by atoms with van der Waals surface area (Å²) < 4.78 is 0. The van der Waals surface area contributed by atoms with Crippen molar-refractivity contribution in [2.45, 2.75) is 11.3 Å². The number of rotatable bonds is 0. The first kappa shape index (κ1) is 7.12. The molecular formula is C6H4N2OS2. The van der Waals surface area contributed by atoms with E-state index in [0.29, 0.717) is 6.42 Å². The quantitative estimate of drug-likeness (QED) is 0.568. The van der Waals surface area contributed by atoms with Crippen LogP contribution in [0.15, 0.2) is 17.4 Å². The third kappa shape index (κ3) is 1.39. The maximum Gasteiger partial charge on any atom is 0.205 e. The first-order valence-corrected chi connectivity index (χ1v) is 5.17. The highest BCUT2D eigenvalue weighted by Crippen LogP contribution is 2.38. The molecule has 0 atom stereocenters. The molecule has 0 aliphatic carbocycles. The Morgan fingerprint density at radius 1 is 1.45 bits per heavy atom. The van der Waals surface area contributed by atoms with E-state index < -0.39 is 0 Å². The number of aromatic nitrogens is 2. The van der Waals surface area contributed by atoms with E-state index in [1.165, 1.54) is 27.9 Å². The molecule has 3 nitrogen and oxygen atoms in total. The van der Waals surface area contributed by atoms with Crippen molar-refractivity contribution in [2.24, 2.45) is 0 Å². The largest absolute Gasteiger partial charge is 0.286 e. The first-order valence-electron chi connectivity index (χ1n) is 3.02. The van der Waals surface area contributed by atoms with Crippen LogP contribution < -0.4 is 0 Å². The molecule has 1 aromatic rings. The van der Waals surface area contributed by atoms with Gasteiger partial charge in [-0.25, -0.2) is 9.97 Å². The zero-order chi connectivity index (χ0) is 7.68. The lowest BCUT2D eigenvalue weighted by Gasteiger charge is -2.09. The van der Waals surface area contributed by atoms with Crippen molar-refractivity contribution in [3.8, 4) is 0 Å². The fraction of sp³-hybridized carbons (Fsp3) is 0.167. The van der Waals surface area contributed by atoms with Crippen molar-refractivity contribution in [3.63, 3.8) is 0 Å². The molecule has 11 heavy (non-hydrogen) atoms. The Kier molecular flexibility index (Phi) is 1.83. The van der Waals surface area contributed by atoms with Gasteiger partial charge in [-0.3, -0.25) is 4.79 Å². The molecule has 0 unspecified atom stereocenters. The predicted octanol–water partition coefficient (Wildman–Crippen LogP) is 1.30. The number of carbonyl (C=O) groups excluding carboxylic acids is 1. The van der Waals surface area contributed by atoms with Gasteiger partial charge in [-0.15, -0.1) is 0 Å². The van der Waals surface area contributed by atoms with Crippen molar-refractivity contribution in [2.75, 3.05) is 0 Å². The molecule has 0 spiro atoms. The van der Waals surface area contributed by atoms with Gasteiger partial charge in [0.2, 0.25) is 5.12 Å². The van der Waals surface area contributed by atoms with Crippen molar-refractivity contribution in [3.05, 3.63) is 18.2 Å². The fourth-order valence-corrected chi connectivity index (χ4v) is 2.65. The van der Waals surface area contributed by atoms with Gasteiger partial charge in [-0.2, -0.15) is 0 Å². The van der Waals surface area contributed by atoms with E-state index in [4.69, 9.17) is 0 Å². The van der Waals surface area contributed by atoms with E-state index in [9.17, 15) is 4.79 Å². The van der Waals surface area contributed by atoms with Crippen molar-refractivity contribution < 1.29 is 4.79 Å². The minimum absolute atomic E-state index is 0.168. The Morgan fingerprint density at radius 3 is 3.27 bits per heavy atom. The van der Waals surface area contributed by atoms with Crippen LogP contribution in [0.2, 0.25) is 0 Å². The number of fused-ring (bicyclic) bond motifs is 1. The maximum atomic E-state index is 10.9. The van der Waals surface area contributed by atoms with Crippen LogP contribution in [-0.4, -0.2) is 15.1 Å². The number of hydrogen-bond acceptors (Lipinski definition) is 5. The standard InChI is InChI=1S/C6H4N2OS2/c9-6-1-4-5(10-11-6)2-7-3-8-4/h2-3H,1H2. The monoisotopic (exact) mass is 184 g/mol. The topological polar surface area (TPSA) is 42.9 Å². The second kappa shape index (κ2) is 2.83. The van der Waals surface area contributed by atoms with Gasteiger partial charge >= 0.3 is 0 Å². The van der Waals surface area contributed by atoms with Crippen LogP contribution in [0.1, 0.15) is 5.69 Å². The van der Waals surface area contributed by atoms with Gasteiger partial charge in [0.05, 0.1) is 17.0 Å². The van der Waals surface area contributed by atoms with Gasteiger partial charge in [0.1, 0.15) is 6.33 Å². The maximum absolute atomic E-state index is 10.9. The molecule has 2 heterocycles. The summed E-state index contributed by atoms with van der Waals surface area (Å²) in [6.45, 7) is 0. The summed E-state index contributed by atoms with van der Waals surface area (Å²) in [5.74, 6) is 0. The second-order valence-electron chi connectivity index (χ2n) is 2.05.